The van der Waals surface area contributed by atoms with Crippen molar-refractivity contribution < 1.29 is 38.1 Å². The van der Waals surface area contributed by atoms with Crippen LogP contribution in [0.2, 0.25) is 0 Å². The molecular formula is C38H70O8. The van der Waals surface area contributed by atoms with Gasteiger partial charge in [0.1, 0.15) is 12.2 Å². The smallest absolute Gasteiger partial charge is 0.306 e. The van der Waals surface area contributed by atoms with E-state index in [2.05, 4.69) is 34.6 Å². The molecule has 0 N–H and O–H groups in total. The molecule has 0 radical (unpaired) electrons. The number of hydrogen-bond acceptors (Lipinski definition) is 8. The Balaban J connectivity index is 5.01. The second-order valence-corrected chi connectivity index (χ2v) is 14.9. The summed E-state index contributed by atoms with van der Waals surface area (Å²) < 4.78 is 22.2. The third kappa shape index (κ3) is 23.2. The Hall–Kier alpha value is -2.12. The first-order valence-electron chi connectivity index (χ1n) is 18.1. The highest BCUT2D eigenvalue weighted by Crippen LogP contribution is 2.27. The molecule has 0 fully saturated rings. The molecule has 0 aromatic heterocycles. The maximum atomic E-state index is 12.9. The topological polar surface area (TPSA) is 105 Å². The zero-order chi connectivity index (χ0) is 35.2. The Bertz CT molecular complexity index is 854. The van der Waals surface area contributed by atoms with Gasteiger partial charge in [-0.15, -0.1) is 0 Å². The molecule has 8 nitrogen and oxygen atoms in total. The number of carbonyl (C=O) groups is 4. The van der Waals surface area contributed by atoms with Gasteiger partial charge in [0, 0.05) is 27.2 Å². The Morgan fingerprint density at radius 3 is 1.63 bits per heavy atom. The molecule has 0 aliphatic rings. The molecule has 7 atom stereocenters. The van der Waals surface area contributed by atoms with E-state index in [0.717, 1.165) is 24.7 Å². The van der Waals surface area contributed by atoms with E-state index in [-0.39, 0.29) is 73.0 Å². The van der Waals surface area contributed by atoms with E-state index in [4.69, 9.17) is 18.9 Å². The van der Waals surface area contributed by atoms with Crippen LogP contribution in [-0.4, -0.2) is 49.3 Å². The third-order valence-electron chi connectivity index (χ3n) is 9.39. The Morgan fingerprint density at radius 1 is 0.522 bits per heavy atom. The maximum absolute atomic E-state index is 12.9. The lowest BCUT2D eigenvalue weighted by Gasteiger charge is -2.28. The summed E-state index contributed by atoms with van der Waals surface area (Å²) in [5.41, 5.74) is 0. The van der Waals surface area contributed by atoms with Crippen LogP contribution in [0.25, 0.3) is 0 Å². The molecule has 7 unspecified atom stereocenters. The number of carbonyl (C=O) groups excluding carboxylic acids is 4. The van der Waals surface area contributed by atoms with Crippen LogP contribution in [-0.2, 0) is 38.1 Å². The fourth-order valence-electron chi connectivity index (χ4n) is 5.93. The standard InChI is InChI=1S/C38H70O8/c1-26(2)14-12-15-28(5)16-13-17-29(6)31(8)24-38(42)44-25-35(22-23-43-32(9)39)19-21-37(46-34(11)41)30(7)18-20-36(27(3)4)45-33(10)40/h26-31,35-37H,12-25H2,1-11H3. The number of esters is 4. The SMILES string of the molecule is CC(=O)OCCC(CCC(OC(C)=O)C(C)CCC(OC(C)=O)C(C)C)COC(=O)CC(C)C(C)CCCC(C)CCCC(C)C. The minimum atomic E-state index is -0.345. The zero-order valence-electron chi connectivity index (χ0n) is 31.4. The molecule has 0 aliphatic carbocycles. The van der Waals surface area contributed by atoms with Crippen LogP contribution in [0.1, 0.15) is 153 Å². The van der Waals surface area contributed by atoms with E-state index in [1.54, 1.807) is 0 Å². The summed E-state index contributed by atoms with van der Waals surface area (Å²) in [4.78, 5) is 47.7. The molecule has 0 rings (SSSR count). The van der Waals surface area contributed by atoms with Crippen molar-refractivity contribution in [2.75, 3.05) is 13.2 Å². The van der Waals surface area contributed by atoms with E-state index < -0.39 is 0 Å². The largest absolute Gasteiger partial charge is 0.466 e. The molecule has 0 aromatic carbocycles. The van der Waals surface area contributed by atoms with Crippen molar-refractivity contribution in [2.24, 2.45) is 41.4 Å². The van der Waals surface area contributed by atoms with Gasteiger partial charge in [-0.2, -0.15) is 0 Å². The minimum absolute atomic E-state index is 0.0390. The van der Waals surface area contributed by atoms with Gasteiger partial charge in [-0.3, -0.25) is 19.2 Å². The highest BCUT2D eigenvalue weighted by atomic mass is 16.6. The van der Waals surface area contributed by atoms with Crippen molar-refractivity contribution in [2.45, 2.75) is 165 Å². The molecule has 0 heterocycles. The predicted molar refractivity (Wildman–Crippen MR) is 184 cm³/mol. The summed E-state index contributed by atoms with van der Waals surface area (Å²) in [6.07, 6.45) is 10.5. The Kier molecular flexibility index (Phi) is 23.8. The molecule has 46 heavy (non-hydrogen) atoms. The van der Waals surface area contributed by atoms with Gasteiger partial charge in [0.15, 0.2) is 0 Å². The summed E-state index contributed by atoms with van der Waals surface area (Å²) in [7, 11) is 0. The van der Waals surface area contributed by atoms with Gasteiger partial charge in [0.2, 0.25) is 0 Å². The van der Waals surface area contributed by atoms with Gasteiger partial charge in [-0.05, 0) is 73.5 Å². The van der Waals surface area contributed by atoms with Crippen molar-refractivity contribution in [3.8, 4) is 0 Å². The molecular weight excluding hydrogens is 584 g/mol. The molecule has 0 bridgehead atoms. The van der Waals surface area contributed by atoms with E-state index >= 15 is 0 Å². The van der Waals surface area contributed by atoms with E-state index in [9.17, 15) is 19.2 Å². The van der Waals surface area contributed by atoms with Crippen molar-refractivity contribution in [1.29, 1.82) is 0 Å². The van der Waals surface area contributed by atoms with E-state index in [0.29, 0.717) is 38.0 Å². The van der Waals surface area contributed by atoms with Crippen LogP contribution in [0.4, 0.5) is 0 Å². The van der Waals surface area contributed by atoms with Gasteiger partial charge in [-0.1, -0.05) is 93.9 Å². The lowest BCUT2D eigenvalue weighted by Crippen LogP contribution is -2.29. The van der Waals surface area contributed by atoms with Gasteiger partial charge in [-0.25, -0.2) is 0 Å². The van der Waals surface area contributed by atoms with Crippen molar-refractivity contribution in [3.63, 3.8) is 0 Å². The first-order valence-corrected chi connectivity index (χ1v) is 18.1. The summed E-state index contributed by atoms with van der Waals surface area (Å²) in [5, 5.41) is 0. The minimum Gasteiger partial charge on any atom is -0.466 e. The van der Waals surface area contributed by atoms with Crippen LogP contribution >= 0.6 is 0 Å². The normalized spacial score (nSPS) is 16.2. The molecule has 0 aromatic rings. The van der Waals surface area contributed by atoms with Crippen LogP contribution in [0.3, 0.4) is 0 Å². The highest BCUT2D eigenvalue weighted by Gasteiger charge is 2.26. The molecule has 0 saturated carbocycles. The van der Waals surface area contributed by atoms with Gasteiger partial charge >= 0.3 is 23.9 Å². The van der Waals surface area contributed by atoms with Crippen molar-refractivity contribution >= 4 is 23.9 Å². The number of rotatable bonds is 26. The van der Waals surface area contributed by atoms with Crippen LogP contribution in [0.5, 0.6) is 0 Å². The second kappa shape index (κ2) is 25.0. The van der Waals surface area contributed by atoms with Gasteiger partial charge in [0.25, 0.3) is 0 Å². The fourth-order valence-corrected chi connectivity index (χ4v) is 5.93. The highest BCUT2D eigenvalue weighted by molar-refractivity contribution is 5.69. The zero-order valence-corrected chi connectivity index (χ0v) is 31.4. The van der Waals surface area contributed by atoms with Crippen LogP contribution in [0, 0.1) is 41.4 Å². The Morgan fingerprint density at radius 2 is 1.09 bits per heavy atom. The molecule has 0 amide bonds. The molecule has 8 heteroatoms. The van der Waals surface area contributed by atoms with E-state index in [1.807, 2.05) is 20.8 Å². The quantitative estimate of drug-likeness (QED) is 0.0672. The van der Waals surface area contributed by atoms with Crippen molar-refractivity contribution in [3.05, 3.63) is 0 Å². The summed E-state index contributed by atoms with van der Waals surface area (Å²) in [6.45, 7) is 22.1. The molecule has 0 spiro atoms. The van der Waals surface area contributed by atoms with Crippen molar-refractivity contribution in [1.82, 2.24) is 0 Å². The maximum Gasteiger partial charge on any atom is 0.306 e. The average molecular weight is 655 g/mol. The third-order valence-corrected chi connectivity index (χ3v) is 9.39. The first kappa shape index (κ1) is 43.9. The monoisotopic (exact) mass is 655 g/mol. The lowest BCUT2D eigenvalue weighted by molar-refractivity contribution is -0.151. The summed E-state index contributed by atoms with van der Waals surface area (Å²) in [6, 6.07) is 0. The number of hydrogen-bond donors (Lipinski definition) is 0. The lowest BCUT2D eigenvalue weighted by atomic mass is 9.86. The summed E-state index contributed by atoms with van der Waals surface area (Å²) in [5.74, 6) is 1.20. The van der Waals surface area contributed by atoms with Crippen LogP contribution in [0.15, 0.2) is 0 Å². The number of ether oxygens (including phenoxy) is 4. The summed E-state index contributed by atoms with van der Waals surface area (Å²) >= 11 is 0. The fraction of sp³-hybridized carbons (Fsp3) is 0.895. The molecule has 0 saturated heterocycles. The van der Waals surface area contributed by atoms with Gasteiger partial charge in [0.05, 0.1) is 13.2 Å². The van der Waals surface area contributed by atoms with Crippen LogP contribution < -0.4 is 0 Å². The average Bonchev–Trinajstić information content (AvgIpc) is 2.94. The van der Waals surface area contributed by atoms with Gasteiger partial charge < -0.3 is 18.9 Å². The van der Waals surface area contributed by atoms with E-state index in [1.165, 1.54) is 52.9 Å². The molecule has 0 aliphatic heterocycles. The predicted octanol–water partition coefficient (Wildman–Crippen LogP) is 9.11. The Labute approximate surface area is 281 Å². The first-order chi connectivity index (χ1) is 21.5. The molecule has 270 valence electrons. The second-order valence-electron chi connectivity index (χ2n) is 14.9.